The highest BCUT2D eigenvalue weighted by Crippen LogP contribution is 2.36. The van der Waals surface area contributed by atoms with Crippen molar-refractivity contribution in [1.29, 1.82) is 0 Å². The van der Waals surface area contributed by atoms with Crippen molar-refractivity contribution in [2.24, 2.45) is 0 Å². The molecule has 1 aliphatic rings. The zero-order valence-electron chi connectivity index (χ0n) is 7.16. The number of aliphatic hydroxyl groups excluding tert-OH is 1. The van der Waals surface area contributed by atoms with Gasteiger partial charge in [0.1, 0.15) is 0 Å². The third-order valence-corrected chi connectivity index (χ3v) is 4.12. The molecule has 1 N–H and O–H groups in total. The molecule has 1 heterocycles. The van der Waals surface area contributed by atoms with E-state index in [1.54, 1.807) is 11.8 Å². The van der Waals surface area contributed by atoms with Crippen LogP contribution in [-0.2, 0) is 6.42 Å². The number of aliphatic hydroxyl groups is 1. The van der Waals surface area contributed by atoms with Crippen molar-refractivity contribution in [1.82, 2.24) is 0 Å². The summed E-state index contributed by atoms with van der Waals surface area (Å²) in [5.74, 6) is 0. The third-order valence-electron chi connectivity index (χ3n) is 2.26. The van der Waals surface area contributed by atoms with Crippen molar-refractivity contribution in [2.75, 3.05) is 6.61 Å². The van der Waals surface area contributed by atoms with Crippen LogP contribution in [0.25, 0.3) is 0 Å². The van der Waals surface area contributed by atoms with E-state index in [9.17, 15) is 0 Å². The predicted octanol–water partition coefficient (Wildman–Crippen LogP) is 2.85. The molecular formula is C10H11BrOS. The Morgan fingerprint density at radius 2 is 2.38 bits per heavy atom. The van der Waals surface area contributed by atoms with Crippen LogP contribution in [0.15, 0.2) is 27.6 Å². The first-order valence-electron chi connectivity index (χ1n) is 4.35. The number of fused-ring (bicyclic) bond motifs is 1. The molecule has 1 atom stereocenters. The van der Waals surface area contributed by atoms with E-state index < -0.39 is 0 Å². The van der Waals surface area contributed by atoms with Crippen LogP contribution < -0.4 is 0 Å². The van der Waals surface area contributed by atoms with Gasteiger partial charge in [0.15, 0.2) is 0 Å². The first-order chi connectivity index (χ1) is 6.29. The van der Waals surface area contributed by atoms with E-state index >= 15 is 0 Å². The Labute approximate surface area is 90.7 Å². The lowest BCUT2D eigenvalue weighted by Crippen LogP contribution is -2.14. The lowest BCUT2D eigenvalue weighted by atomic mass is 10.1. The minimum absolute atomic E-state index is 0.292. The molecule has 0 radical (unpaired) electrons. The summed E-state index contributed by atoms with van der Waals surface area (Å²) in [6, 6.07) is 6.37. The Kier molecular flexibility index (Phi) is 2.96. The van der Waals surface area contributed by atoms with Crippen molar-refractivity contribution < 1.29 is 5.11 Å². The first-order valence-corrected chi connectivity index (χ1v) is 6.03. The highest BCUT2D eigenvalue weighted by Gasteiger charge is 2.18. The summed E-state index contributed by atoms with van der Waals surface area (Å²) < 4.78 is 1.15. The van der Waals surface area contributed by atoms with Gasteiger partial charge in [0.05, 0.1) is 6.61 Å². The molecule has 0 aliphatic carbocycles. The second kappa shape index (κ2) is 4.03. The number of halogens is 1. The summed E-state index contributed by atoms with van der Waals surface area (Å²) in [4.78, 5) is 1.33. The van der Waals surface area contributed by atoms with Crippen LogP contribution in [0, 0.1) is 0 Å². The first kappa shape index (κ1) is 9.56. The number of hydrogen-bond acceptors (Lipinski definition) is 2. The van der Waals surface area contributed by atoms with Gasteiger partial charge in [-0.15, -0.1) is 11.8 Å². The van der Waals surface area contributed by atoms with Crippen LogP contribution in [0.3, 0.4) is 0 Å². The number of hydrogen-bond donors (Lipinski definition) is 1. The number of thioether (sulfide) groups is 1. The summed E-state index contributed by atoms with van der Waals surface area (Å²) in [5, 5.41) is 9.44. The van der Waals surface area contributed by atoms with Crippen LogP contribution in [-0.4, -0.2) is 17.0 Å². The van der Waals surface area contributed by atoms with Crippen LogP contribution in [0.1, 0.15) is 12.0 Å². The van der Waals surface area contributed by atoms with E-state index in [0.29, 0.717) is 11.9 Å². The summed E-state index contributed by atoms with van der Waals surface area (Å²) in [6.45, 7) is 0.292. The summed E-state index contributed by atoms with van der Waals surface area (Å²) >= 11 is 5.26. The van der Waals surface area contributed by atoms with Crippen molar-refractivity contribution in [3.8, 4) is 0 Å². The molecule has 0 amide bonds. The van der Waals surface area contributed by atoms with Gasteiger partial charge in [0.25, 0.3) is 0 Å². The minimum atomic E-state index is 0.292. The van der Waals surface area contributed by atoms with E-state index in [4.69, 9.17) is 5.11 Å². The van der Waals surface area contributed by atoms with Gasteiger partial charge in [0.2, 0.25) is 0 Å². The van der Waals surface area contributed by atoms with E-state index in [2.05, 4.69) is 34.1 Å². The smallest absolute Gasteiger partial charge is 0.0553 e. The number of aryl methyl sites for hydroxylation is 1. The van der Waals surface area contributed by atoms with Gasteiger partial charge in [-0.25, -0.2) is 0 Å². The second-order valence-corrected chi connectivity index (χ2v) is 5.47. The Bertz CT molecular complexity index is 314. The van der Waals surface area contributed by atoms with Crippen molar-refractivity contribution in [2.45, 2.75) is 23.0 Å². The lowest BCUT2D eigenvalue weighted by molar-refractivity contribution is 0.289. The van der Waals surface area contributed by atoms with Gasteiger partial charge in [-0.1, -0.05) is 15.9 Å². The predicted molar refractivity (Wildman–Crippen MR) is 59.2 cm³/mol. The van der Waals surface area contributed by atoms with Crippen molar-refractivity contribution >= 4 is 27.7 Å². The Morgan fingerprint density at radius 1 is 1.54 bits per heavy atom. The molecule has 1 unspecified atom stereocenters. The molecule has 3 heteroatoms. The Morgan fingerprint density at radius 3 is 3.15 bits per heavy atom. The molecule has 0 saturated heterocycles. The number of benzene rings is 1. The summed E-state index contributed by atoms with van der Waals surface area (Å²) in [7, 11) is 0. The Hall–Kier alpha value is 0.01000. The standard InChI is InChI=1S/C10H11BrOS/c11-8-2-4-10-7(5-8)1-3-9(6-12)13-10/h2,4-5,9,12H,1,3,6H2. The highest BCUT2D eigenvalue weighted by molar-refractivity contribution is 9.10. The quantitative estimate of drug-likeness (QED) is 0.836. The topological polar surface area (TPSA) is 20.2 Å². The van der Waals surface area contributed by atoms with E-state index in [0.717, 1.165) is 17.3 Å². The molecule has 0 spiro atoms. The molecule has 1 aromatic carbocycles. The second-order valence-electron chi connectivity index (χ2n) is 3.21. The normalized spacial score (nSPS) is 21.2. The molecule has 1 nitrogen and oxygen atoms in total. The minimum Gasteiger partial charge on any atom is -0.395 e. The molecular weight excluding hydrogens is 248 g/mol. The fourth-order valence-corrected chi connectivity index (χ4v) is 3.08. The maximum Gasteiger partial charge on any atom is 0.0553 e. The van der Waals surface area contributed by atoms with Crippen LogP contribution in [0.5, 0.6) is 0 Å². The molecule has 0 bridgehead atoms. The van der Waals surface area contributed by atoms with E-state index in [1.165, 1.54) is 10.5 Å². The maximum atomic E-state index is 9.04. The van der Waals surface area contributed by atoms with Crippen LogP contribution in [0.4, 0.5) is 0 Å². The van der Waals surface area contributed by atoms with Crippen molar-refractivity contribution in [3.05, 3.63) is 28.2 Å². The molecule has 13 heavy (non-hydrogen) atoms. The van der Waals surface area contributed by atoms with Gasteiger partial charge in [0, 0.05) is 14.6 Å². The van der Waals surface area contributed by atoms with Gasteiger partial charge in [-0.3, -0.25) is 0 Å². The average molecular weight is 259 g/mol. The molecule has 2 rings (SSSR count). The Balaban J connectivity index is 2.26. The zero-order valence-corrected chi connectivity index (χ0v) is 9.57. The van der Waals surface area contributed by atoms with Crippen molar-refractivity contribution in [3.63, 3.8) is 0 Å². The summed E-state index contributed by atoms with van der Waals surface area (Å²) in [5.41, 5.74) is 1.41. The lowest BCUT2D eigenvalue weighted by Gasteiger charge is -2.22. The van der Waals surface area contributed by atoms with E-state index in [1.807, 2.05) is 0 Å². The fraction of sp³-hybridized carbons (Fsp3) is 0.400. The van der Waals surface area contributed by atoms with Gasteiger partial charge in [-0.2, -0.15) is 0 Å². The fourth-order valence-electron chi connectivity index (χ4n) is 1.54. The molecule has 70 valence electrons. The maximum absolute atomic E-state index is 9.04. The highest BCUT2D eigenvalue weighted by atomic mass is 79.9. The monoisotopic (exact) mass is 258 g/mol. The average Bonchev–Trinajstić information content (AvgIpc) is 2.17. The molecule has 1 aliphatic heterocycles. The van der Waals surface area contributed by atoms with Gasteiger partial charge in [-0.05, 0) is 36.6 Å². The van der Waals surface area contributed by atoms with Crippen LogP contribution >= 0.6 is 27.7 Å². The number of rotatable bonds is 1. The SMILES string of the molecule is OCC1CCc2cc(Br)ccc2S1. The van der Waals surface area contributed by atoms with Gasteiger partial charge < -0.3 is 5.11 Å². The van der Waals surface area contributed by atoms with Gasteiger partial charge >= 0.3 is 0 Å². The summed E-state index contributed by atoms with van der Waals surface area (Å²) in [6.07, 6.45) is 2.18. The molecule has 1 aromatic rings. The van der Waals surface area contributed by atoms with E-state index in [-0.39, 0.29) is 0 Å². The molecule has 0 aromatic heterocycles. The largest absolute Gasteiger partial charge is 0.395 e. The van der Waals surface area contributed by atoms with Crippen LogP contribution in [0.2, 0.25) is 0 Å². The molecule has 0 saturated carbocycles. The zero-order chi connectivity index (χ0) is 9.26. The third kappa shape index (κ3) is 2.09. The molecule has 0 fully saturated rings.